The van der Waals surface area contributed by atoms with Crippen molar-refractivity contribution in [1.82, 2.24) is 4.90 Å². The summed E-state index contributed by atoms with van der Waals surface area (Å²) in [4.78, 5) is 30.3. The molecule has 3 nitrogen and oxygen atoms in total. The third kappa shape index (κ3) is 5.84. The molecule has 3 heteroatoms. The van der Waals surface area contributed by atoms with E-state index in [0.717, 1.165) is 73.1 Å². The molecule has 0 saturated heterocycles. The van der Waals surface area contributed by atoms with Crippen LogP contribution in [0.1, 0.15) is 143 Å². The van der Waals surface area contributed by atoms with E-state index in [4.69, 9.17) is 0 Å². The van der Waals surface area contributed by atoms with Crippen LogP contribution in [-0.4, -0.2) is 23.3 Å². The topological polar surface area (TPSA) is 37.4 Å². The summed E-state index contributed by atoms with van der Waals surface area (Å²) >= 11 is 0. The predicted octanol–water partition coefficient (Wildman–Crippen LogP) is 11.9. The van der Waals surface area contributed by atoms with Crippen molar-refractivity contribution >= 4 is 54.9 Å². The van der Waals surface area contributed by atoms with Crippen molar-refractivity contribution < 1.29 is 9.59 Å². The predicted molar refractivity (Wildman–Crippen MR) is 192 cm³/mol. The normalized spacial score (nSPS) is 13.4. The van der Waals surface area contributed by atoms with Gasteiger partial charge in [-0.15, -0.1) is 0 Å². The first-order valence-corrected chi connectivity index (χ1v) is 18.1. The van der Waals surface area contributed by atoms with Crippen molar-refractivity contribution in [1.29, 1.82) is 0 Å². The van der Waals surface area contributed by atoms with Gasteiger partial charge in [-0.1, -0.05) is 134 Å². The number of unbranched alkanes of at least 4 members (excludes halogenated alkanes) is 11. The fourth-order valence-corrected chi connectivity index (χ4v) is 8.03. The van der Waals surface area contributed by atoms with Crippen molar-refractivity contribution in [2.24, 2.45) is 0 Å². The summed E-state index contributed by atoms with van der Waals surface area (Å²) in [6.07, 6.45) is 18.5. The van der Waals surface area contributed by atoms with Crippen molar-refractivity contribution in [3.05, 3.63) is 70.8 Å². The molecular formula is C42H51NO2. The summed E-state index contributed by atoms with van der Waals surface area (Å²) in [7, 11) is 0. The SMILES string of the molecule is CCCCCCCCCCCCN1C(=O)c2ccc3c4cccc5cccc(c6c(CCCC)c(CCCC)c(c2c36)C1=O)c54. The summed E-state index contributed by atoms with van der Waals surface area (Å²) < 4.78 is 0. The lowest BCUT2D eigenvalue weighted by molar-refractivity contribution is 0.0607. The first-order valence-electron chi connectivity index (χ1n) is 18.1. The molecule has 0 N–H and O–H groups in total. The van der Waals surface area contributed by atoms with Crippen LogP contribution < -0.4 is 0 Å². The smallest absolute Gasteiger partial charge is 0.261 e. The van der Waals surface area contributed by atoms with Gasteiger partial charge < -0.3 is 0 Å². The number of aryl methyl sites for hydroxylation is 1. The van der Waals surface area contributed by atoms with Gasteiger partial charge in [-0.05, 0) is 87.0 Å². The van der Waals surface area contributed by atoms with E-state index < -0.39 is 0 Å². The van der Waals surface area contributed by atoms with Gasteiger partial charge in [0, 0.05) is 17.5 Å². The highest BCUT2D eigenvalue weighted by Gasteiger charge is 2.37. The molecule has 0 aliphatic carbocycles. The summed E-state index contributed by atoms with van der Waals surface area (Å²) in [5.74, 6) is -0.172. The van der Waals surface area contributed by atoms with Crippen LogP contribution in [0.15, 0.2) is 48.5 Å². The van der Waals surface area contributed by atoms with E-state index in [1.54, 1.807) is 4.90 Å². The lowest BCUT2D eigenvalue weighted by atomic mass is 9.78. The maximum Gasteiger partial charge on any atom is 0.261 e. The maximum absolute atomic E-state index is 14.6. The molecule has 5 aromatic rings. The van der Waals surface area contributed by atoms with Gasteiger partial charge in [-0.25, -0.2) is 0 Å². The minimum Gasteiger partial charge on any atom is -0.274 e. The van der Waals surface area contributed by atoms with E-state index in [0.29, 0.717) is 12.1 Å². The average molecular weight is 602 g/mol. The van der Waals surface area contributed by atoms with Gasteiger partial charge in [0.05, 0.1) is 5.56 Å². The Bertz CT molecular complexity index is 1810. The number of hydrogen-bond acceptors (Lipinski definition) is 2. The largest absolute Gasteiger partial charge is 0.274 e. The second-order valence-corrected chi connectivity index (χ2v) is 13.5. The number of nitrogens with zero attached hydrogens (tertiary/aromatic N) is 1. The molecule has 1 aliphatic heterocycles. The molecule has 6 rings (SSSR count). The van der Waals surface area contributed by atoms with E-state index in [1.165, 1.54) is 89.4 Å². The van der Waals surface area contributed by atoms with Gasteiger partial charge in [0.25, 0.3) is 11.8 Å². The molecule has 0 fully saturated rings. The van der Waals surface area contributed by atoms with Crippen molar-refractivity contribution in [2.75, 3.05) is 6.54 Å². The second-order valence-electron chi connectivity index (χ2n) is 13.5. The minimum absolute atomic E-state index is 0.0620. The molecule has 0 unspecified atom stereocenters. The molecule has 0 aromatic heterocycles. The standard InChI is InChI=1S/C42H51NO2/c1-4-7-10-11-12-13-14-15-16-17-28-43-41(44)35-27-26-33-30-24-18-20-29-21-19-25-34(36(29)30)37-31(22-8-5-2)32(23-9-6-3)40(42(43)45)39(35)38(33)37/h18-21,24-27H,4-17,22-23,28H2,1-3H3. The third-order valence-corrected chi connectivity index (χ3v) is 10.4. The number of fused-ring (bicyclic) bond motifs is 2. The van der Waals surface area contributed by atoms with Crippen LogP contribution in [0.2, 0.25) is 0 Å². The van der Waals surface area contributed by atoms with Crippen LogP contribution in [-0.2, 0) is 12.8 Å². The molecule has 45 heavy (non-hydrogen) atoms. The minimum atomic E-state index is -0.110. The summed E-state index contributed by atoms with van der Waals surface area (Å²) in [6.45, 7) is 7.25. The Morgan fingerprint density at radius 1 is 0.489 bits per heavy atom. The van der Waals surface area contributed by atoms with E-state index in [9.17, 15) is 9.59 Å². The molecule has 0 spiro atoms. The lowest BCUT2D eigenvalue weighted by Crippen LogP contribution is -2.41. The van der Waals surface area contributed by atoms with Gasteiger partial charge in [0.15, 0.2) is 0 Å². The Morgan fingerprint density at radius 2 is 1.07 bits per heavy atom. The third-order valence-electron chi connectivity index (χ3n) is 10.4. The molecule has 1 aliphatic rings. The quantitative estimate of drug-likeness (QED) is 0.0460. The summed E-state index contributed by atoms with van der Waals surface area (Å²) in [5, 5.41) is 9.49. The Kier molecular flexibility index (Phi) is 10.0. The zero-order valence-corrected chi connectivity index (χ0v) is 27.9. The first-order chi connectivity index (χ1) is 22.1. The molecule has 0 saturated carbocycles. The highest BCUT2D eigenvalue weighted by atomic mass is 16.2. The molecule has 1 heterocycles. The number of imide groups is 1. The Morgan fingerprint density at radius 3 is 1.73 bits per heavy atom. The van der Waals surface area contributed by atoms with Gasteiger partial charge in [-0.2, -0.15) is 0 Å². The number of rotatable bonds is 17. The molecule has 0 bridgehead atoms. The second kappa shape index (κ2) is 14.3. The molecule has 2 amide bonds. The fourth-order valence-electron chi connectivity index (χ4n) is 8.03. The van der Waals surface area contributed by atoms with Crippen molar-refractivity contribution in [2.45, 2.75) is 124 Å². The zero-order valence-electron chi connectivity index (χ0n) is 27.9. The van der Waals surface area contributed by atoms with Gasteiger partial charge >= 0.3 is 0 Å². The van der Waals surface area contributed by atoms with Gasteiger partial charge in [0.1, 0.15) is 0 Å². The van der Waals surface area contributed by atoms with E-state index >= 15 is 0 Å². The monoisotopic (exact) mass is 601 g/mol. The van der Waals surface area contributed by atoms with Crippen molar-refractivity contribution in [3.8, 4) is 0 Å². The number of benzene rings is 5. The lowest BCUT2D eigenvalue weighted by Gasteiger charge is -2.32. The summed E-state index contributed by atoms with van der Waals surface area (Å²) in [5.41, 5.74) is 4.08. The van der Waals surface area contributed by atoms with Crippen LogP contribution >= 0.6 is 0 Å². The highest BCUT2D eigenvalue weighted by Crippen LogP contribution is 2.47. The Balaban J connectivity index is 1.42. The number of amides is 2. The van der Waals surface area contributed by atoms with E-state index in [-0.39, 0.29) is 11.8 Å². The molecule has 5 aromatic carbocycles. The van der Waals surface area contributed by atoms with E-state index in [2.05, 4.69) is 63.2 Å². The van der Waals surface area contributed by atoms with Crippen LogP contribution in [0.4, 0.5) is 0 Å². The Labute approximate surface area is 269 Å². The van der Waals surface area contributed by atoms with Crippen molar-refractivity contribution in [3.63, 3.8) is 0 Å². The highest BCUT2D eigenvalue weighted by molar-refractivity contribution is 6.39. The maximum atomic E-state index is 14.6. The number of carbonyl (C=O) groups excluding carboxylic acids is 2. The van der Waals surface area contributed by atoms with Crippen LogP contribution in [0.3, 0.4) is 0 Å². The average Bonchev–Trinajstić information content (AvgIpc) is 3.06. The molecule has 236 valence electrons. The number of hydrogen-bond donors (Lipinski definition) is 0. The summed E-state index contributed by atoms with van der Waals surface area (Å²) in [6, 6.07) is 17.4. The van der Waals surface area contributed by atoms with Crippen LogP contribution in [0, 0.1) is 0 Å². The van der Waals surface area contributed by atoms with Crippen LogP contribution in [0.5, 0.6) is 0 Å². The first kappa shape index (κ1) is 31.5. The fraction of sp³-hybridized carbons (Fsp3) is 0.476. The van der Waals surface area contributed by atoms with Gasteiger partial charge in [-0.3, -0.25) is 14.5 Å². The molecule has 0 radical (unpaired) electrons. The van der Waals surface area contributed by atoms with Crippen LogP contribution in [0.25, 0.3) is 43.1 Å². The molecular weight excluding hydrogens is 550 g/mol. The Hall–Kier alpha value is -3.46. The number of carbonyl (C=O) groups is 2. The molecule has 0 atom stereocenters. The zero-order chi connectivity index (χ0) is 31.3. The van der Waals surface area contributed by atoms with Gasteiger partial charge in [0.2, 0.25) is 0 Å². The van der Waals surface area contributed by atoms with E-state index in [1.807, 2.05) is 6.07 Å².